The first-order valence-corrected chi connectivity index (χ1v) is 9.38. The third-order valence-electron chi connectivity index (χ3n) is 5.52. The van der Waals surface area contributed by atoms with Crippen LogP contribution >= 0.6 is 11.6 Å². The van der Waals surface area contributed by atoms with E-state index in [2.05, 4.69) is 0 Å². The Balaban J connectivity index is 2.03. The smallest absolute Gasteiger partial charge is 0.197 e. The number of hydrogen-bond acceptors (Lipinski definition) is 6. The summed E-state index contributed by atoms with van der Waals surface area (Å²) in [5.74, 6) is -0.505. The minimum Gasteiger partial charge on any atom is -0.507 e. The minimum atomic E-state index is -0.429. The first-order chi connectivity index (χ1) is 13.4. The van der Waals surface area contributed by atoms with Crippen LogP contribution in [0.4, 0.5) is 0 Å². The van der Waals surface area contributed by atoms with Crippen molar-refractivity contribution in [3.05, 3.63) is 57.2 Å². The molecule has 1 aliphatic rings. The first-order valence-electron chi connectivity index (χ1n) is 9.01. The lowest BCUT2D eigenvalue weighted by atomic mass is 9.89. The van der Waals surface area contributed by atoms with Crippen molar-refractivity contribution >= 4 is 22.6 Å². The van der Waals surface area contributed by atoms with E-state index < -0.39 is 5.43 Å². The standard InChI is InChI=1S/C21H20ClNO5/c1-23-7-6-12(14(23)10-24)19-15(25)8-16(26)20-17(27)9-18(28-21(19)20)11-4-2-3-5-13(11)22/h2-5,8-9,12,14,24-26H,6-7,10H2,1H3/t12?,14-/m0/s1. The molecule has 6 nitrogen and oxygen atoms in total. The van der Waals surface area contributed by atoms with Gasteiger partial charge in [-0.2, -0.15) is 0 Å². The van der Waals surface area contributed by atoms with E-state index in [1.807, 2.05) is 11.9 Å². The fourth-order valence-electron chi connectivity index (χ4n) is 4.09. The van der Waals surface area contributed by atoms with E-state index >= 15 is 0 Å². The van der Waals surface area contributed by atoms with Gasteiger partial charge in [0, 0.05) is 35.2 Å². The number of nitrogens with zero attached hydrogens (tertiary/aromatic N) is 1. The predicted octanol–water partition coefficient (Wildman–Crippen LogP) is 3.30. The van der Waals surface area contributed by atoms with Gasteiger partial charge in [0.25, 0.3) is 0 Å². The number of benzene rings is 2. The molecule has 2 aromatic carbocycles. The number of aromatic hydroxyl groups is 2. The van der Waals surface area contributed by atoms with Gasteiger partial charge in [0.2, 0.25) is 0 Å². The molecule has 2 heterocycles. The summed E-state index contributed by atoms with van der Waals surface area (Å²) >= 11 is 6.26. The number of hydrogen-bond donors (Lipinski definition) is 3. The van der Waals surface area contributed by atoms with Gasteiger partial charge >= 0.3 is 0 Å². The largest absolute Gasteiger partial charge is 0.507 e. The van der Waals surface area contributed by atoms with Crippen LogP contribution in [0.25, 0.3) is 22.3 Å². The van der Waals surface area contributed by atoms with E-state index in [9.17, 15) is 20.1 Å². The van der Waals surface area contributed by atoms with Crippen molar-refractivity contribution in [3.63, 3.8) is 0 Å². The van der Waals surface area contributed by atoms with Gasteiger partial charge in [0.05, 0.1) is 11.6 Å². The Kier molecular flexibility index (Phi) is 4.79. The highest BCUT2D eigenvalue weighted by Gasteiger charge is 2.36. The van der Waals surface area contributed by atoms with Gasteiger partial charge in [-0.25, -0.2) is 0 Å². The summed E-state index contributed by atoms with van der Waals surface area (Å²) in [6.45, 7) is 0.629. The van der Waals surface area contributed by atoms with Crippen molar-refractivity contribution in [1.29, 1.82) is 0 Å². The number of likely N-dealkylation sites (tertiary alicyclic amines) is 1. The lowest BCUT2D eigenvalue weighted by Crippen LogP contribution is -2.32. The van der Waals surface area contributed by atoms with Gasteiger partial charge in [0.1, 0.15) is 28.2 Å². The molecule has 1 unspecified atom stereocenters. The molecular weight excluding hydrogens is 382 g/mol. The van der Waals surface area contributed by atoms with Crippen LogP contribution in [0.3, 0.4) is 0 Å². The quantitative estimate of drug-likeness (QED) is 0.623. The van der Waals surface area contributed by atoms with Gasteiger partial charge in [-0.05, 0) is 32.1 Å². The van der Waals surface area contributed by atoms with Crippen LogP contribution in [0.1, 0.15) is 17.9 Å². The molecule has 0 amide bonds. The second-order valence-corrected chi connectivity index (χ2v) is 7.52. The number of phenolic OH excluding ortho intramolecular Hbond substituents is 2. The van der Waals surface area contributed by atoms with Crippen molar-refractivity contribution < 1.29 is 19.7 Å². The summed E-state index contributed by atoms with van der Waals surface area (Å²) in [4.78, 5) is 14.8. The molecule has 0 radical (unpaired) electrons. The third kappa shape index (κ3) is 2.94. The third-order valence-corrected chi connectivity index (χ3v) is 5.85. The normalized spacial score (nSPS) is 20.1. The topological polar surface area (TPSA) is 94.1 Å². The minimum absolute atomic E-state index is 0.00912. The van der Waals surface area contributed by atoms with Crippen molar-refractivity contribution in [2.45, 2.75) is 18.4 Å². The molecule has 3 N–H and O–H groups in total. The average molecular weight is 402 g/mol. The van der Waals surface area contributed by atoms with Gasteiger partial charge in [0.15, 0.2) is 5.43 Å². The van der Waals surface area contributed by atoms with Crippen molar-refractivity contribution in [2.75, 3.05) is 20.2 Å². The molecule has 1 aromatic heterocycles. The molecular formula is C21H20ClNO5. The second-order valence-electron chi connectivity index (χ2n) is 7.11. The SMILES string of the molecule is CN1CCC(c2c(O)cc(O)c3c(=O)cc(-c4ccccc4Cl)oc23)[C@@H]1CO. The highest BCUT2D eigenvalue weighted by molar-refractivity contribution is 6.33. The molecule has 1 fully saturated rings. The van der Waals surface area contributed by atoms with Crippen LogP contribution in [0.2, 0.25) is 5.02 Å². The molecule has 0 aliphatic carbocycles. The van der Waals surface area contributed by atoms with Crippen LogP contribution in [0.15, 0.2) is 45.6 Å². The zero-order valence-electron chi connectivity index (χ0n) is 15.2. The average Bonchev–Trinajstić information content (AvgIpc) is 3.01. The Morgan fingerprint density at radius 1 is 1.21 bits per heavy atom. The summed E-state index contributed by atoms with van der Waals surface area (Å²) in [6.07, 6.45) is 0.676. The number of aliphatic hydroxyl groups excluding tert-OH is 1. The van der Waals surface area contributed by atoms with Gasteiger partial charge < -0.3 is 24.6 Å². The molecule has 0 spiro atoms. The highest BCUT2D eigenvalue weighted by Crippen LogP contribution is 2.44. The maximum atomic E-state index is 12.8. The number of phenols is 2. The molecule has 1 saturated heterocycles. The van der Waals surface area contributed by atoms with Crippen molar-refractivity contribution in [2.24, 2.45) is 0 Å². The molecule has 3 aromatic rings. The Labute approximate surface area is 166 Å². The number of halogens is 1. The Bertz CT molecular complexity index is 1110. The number of rotatable bonds is 3. The fourth-order valence-corrected chi connectivity index (χ4v) is 4.31. The molecule has 2 atom stereocenters. The van der Waals surface area contributed by atoms with E-state index in [1.165, 1.54) is 6.07 Å². The van der Waals surface area contributed by atoms with Gasteiger partial charge in [-0.1, -0.05) is 23.7 Å². The fraction of sp³-hybridized carbons (Fsp3) is 0.286. The van der Waals surface area contributed by atoms with E-state index in [-0.39, 0.29) is 46.8 Å². The molecule has 0 saturated carbocycles. The summed E-state index contributed by atoms with van der Waals surface area (Å²) in [5, 5.41) is 31.2. The number of aliphatic hydroxyl groups is 1. The van der Waals surface area contributed by atoms with E-state index in [0.717, 1.165) is 12.6 Å². The summed E-state index contributed by atoms with van der Waals surface area (Å²) in [5.41, 5.74) is 0.655. The van der Waals surface area contributed by atoms with Gasteiger partial charge in [-0.15, -0.1) is 0 Å². The van der Waals surface area contributed by atoms with Crippen LogP contribution in [-0.4, -0.2) is 46.5 Å². The Morgan fingerprint density at radius 2 is 1.96 bits per heavy atom. The molecule has 1 aliphatic heterocycles. The van der Waals surface area contributed by atoms with Crippen molar-refractivity contribution in [1.82, 2.24) is 4.90 Å². The maximum Gasteiger partial charge on any atom is 0.197 e. The van der Waals surface area contributed by atoms with Crippen LogP contribution < -0.4 is 5.43 Å². The van der Waals surface area contributed by atoms with E-state index in [0.29, 0.717) is 22.6 Å². The zero-order chi connectivity index (χ0) is 20.0. The number of likely N-dealkylation sites (N-methyl/N-ethyl adjacent to an activating group) is 1. The monoisotopic (exact) mass is 401 g/mol. The molecule has 146 valence electrons. The lowest BCUT2D eigenvalue weighted by molar-refractivity contribution is 0.172. The summed E-state index contributed by atoms with van der Waals surface area (Å²) < 4.78 is 6.04. The van der Waals surface area contributed by atoms with Gasteiger partial charge in [-0.3, -0.25) is 4.79 Å². The summed E-state index contributed by atoms with van der Waals surface area (Å²) in [7, 11) is 1.89. The Hall–Kier alpha value is -2.54. The second kappa shape index (κ2) is 7.13. The maximum absolute atomic E-state index is 12.8. The Morgan fingerprint density at radius 3 is 2.68 bits per heavy atom. The lowest BCUT2D eigenvalue weighted by Gasteiger charge is -2.24. The summed E-state index contributed by atoms with van der Waals surface area (Å²) in [6, 6.07) is 9.19. The highest BCUT2D eigenvalue weighted by atomic mass is 35.5. The zero-order valence-corrected chi connectivity index (χ0v) is 16.0. The van der Waals surface area contributed by atoms with E-state index in [4.69, 9.17) is 16.0 Å². The molecule has 7 heteroatoms. The first kappa shape index (κ1) is 18.8. The van der Waals surface area contributed by atoms with Crippen LogP contribution in [-0.2, 0) is 0 Å². The van der Waals surface area contributed by atoms with Crippen LogP contribution in [0, 0.1) is 0 Å². The molecule has 28 heavy (non-hydrogen) atoms. The van der Waals surface area contributed by atoms with Crippen LogP contribution in [0.5, 0.6) is 11.5 Å². The van der Waals surface area contributed by atoms with E-state index in [1.54, 1.807) is 24.3 Å². The van der Waals surface area contributed by atoms with Crippen molar-refractivity contribution in [3.8, 4) is 22.8 Å². The molecule has 4 rings (SSSR count). The number of fused-ring (bicyclic) bond motifs is 1. The molecule has 0 bridgehead atoms. The predicted molar refractivity (Wildman–Crippen MR) is 107 cm³/mol.